The zero-order valence-corrected chi connectivity index (χ0v) is 20.8. The van der Waals surface area contributed by atoms with E-state index in [0.717, 1.165) is 53.6 Å². The highest BCUT2D eigenvalue weighted by Crippen LogP contribution is 2.37. The van der Waals surface area contributed by atoms with Crippen molar-refractivity contribution in [3.63, 3.8) is 0 Å². The largest absolute Gasteiger partial charge is 0.497 e. The summed E-state index contributed by atoms with van der Waals surface area (Å²) in [5, 5.41) is 0. The molecule has 0 saturated carbocycles. The lowest BCUT2D eigenvalue weighted by atomic mass is 10.0. The Morgan fingerprint density at radius 1 is 0.714 bits per heavy atom. The first-order chi connectivity index (χ1) is 17.1. The summed E-state index contributed by atoms with van der Waals surface area (Å²) >= 11 is 0. The molecule has 0 atom stereocenters. The van der Waals surface area contributed by atoms with E-state index in [4.69, 9.17) is 18.9 Å². The third kappa shape index (κ3) is 5.52. The van der Waals surface area contributed by atoms with E-state index < -0.39 is 0 Å². The van der Waals surface area contributed by atoms with E-state index in [1.165, 1.54) is 6.07 Å². The van der Waals surface area contributed by atoms with Crippen LogP contribution in [0.1, 0.15) is 29.3 Å². The maximum Gasteiger partial charge on any atom is 0.129 e. The monoisotopic (exact) mass is 480 g/mol. The van der Waals surface area contributed by atoms with Gasteiger partial charge in [0.05, 0.1) is 34.6 Å². The molecule has 0 spiro atoms. The van der Waals surface area contributed by atoms with Crippen LogP contribution in [0.5, 0.6) is 23.0 Å². The maximum atomic E-state index is 15.2. The van der Waals surface area contributed by atoms with Gasteiger partial charge < -0.3 is 18.9 Å². The van der Waals surface area contributed by atoms with Gasteiger partial charge >= 0.3 is 0 Å². The minimum atomic E-state index is -0.247. The summed E-state index contributed by atoms with van der Waals surface area (Å²) in [4.78, 5) is 4.62. The number of rotatable bonds is 9. The summed E-state index contributed by atoms with van der Waals surface area (Å²) in [6.07, 6.45) is 0.714. The molecule has 1 aliphatic rings. The van der Waals surface area contributed by atoms with Crippen LogP contribution in [-0.2, 0) is 13.1 Å². The number of methoxy groups -OCH3 is 4. The Balaban J connectivity index is 1.69. The van der Waals surface area contributed by atoms with Crippen molar-refractivity contribution in [1.29, 1.82) is 0 Å². The van der Waals surface area contributed by atoms with Crippen molar-refractivity contribution in [3.8, 4) is 23.0 Å². The highest BCUT2D eigenvalue weighted by Gasteiger charge is 2.33. The number of benzene rings is 3. The second kappa shape index (κ2) is 11.4. The smallest absolute Gasteiger partial charge is 0.129 e. The van der Waals surface area contributed by atoms with Gasteiger partial charge in [-0.05, 0) is 24.6 Å². The maximum absolute atomic E-state index is 15.2. The second-order valence-corrected chi connectivity index (χ2v) is 8.55. The first-order valence-corrected chi connectivity index (χ1v) is 11.7. The first-order valence-electron chi connectivity index (χ1n) is 11.7. The van der Waals surface area contributed by atoms with Gasteiger partial charge in [0.1, 0.15) is 28.8 Å². The standard InChI is InChI=1S/C28H33FN2O4/c1-32-22-12-10-20(26(16-22)34-3)18-30-14-7-15-31(28(30)24-8-5-6-9-25(24)29)19-21-11-13-23(33-2)17-27(21)35-4/h5-6,8-13,16-17,28H,7,14-15,18-19H2,1-4H3. The zero-order valence-electron chi connectivity index (χ0n) is 20.8. The molecule has 0 N–H and O–H groups in total. The molecule has 35 heavy (non-hydrogen) atoms. The normalized spacial score (nSPS) is 15.1. The third-order valence-corrected chi connectivity index (χ3v) is 6.50. The van der Waals surface area contributed by atoms with E-state index in [1.54, 1.807) is 34.5 Å². The fraction of sp³-hybridized carbons (Fsp3) is 0.357. The van der Waals surface area contributed by atoms with Gasteiger partial charge in [0.2, 0.25) is 0 Å². The molecule has 1 heterocycles. The predicted octanol–water partition coefficient (Wildman–Crippen LogP) is 5.27. The molecule has 1 aliphatic heterocycles. The Morgan fingerprint density at radius 3 is 1.69 bits per heavy atom. The van der Waals surface area contributed by atoms with Crippen molar-refractivity contribution in [2.75, 3.05) is 41.5 Å². The van der Waals surface area contributed by atoms with Crippen LogP contribution < -0.4 is 18.9 Å². The quantitative estimate of drug-likeness (QED) is 0.416. The van der Waals surface area contributed by atoms with Gasteiger partial charge in [0.15, 0.2) is 0 Å². The van der Waals surface area contributed by atoms with Crippen molar-refractivity contribution in [2.45, 2.75) is 25.7 Å². The summed E-state index contributed by atoms with van der Waals surface area (Å²) in [5.74, 6) is 2.78. The summed E-state index contributed by atoms with van der Waals surface area (Å²) in [7, 11) is 6.59. The average Bonchev–Trinajstić information content (AvgIpc) is 2.90. The number of halogens is 1. The van der Waals surface area contributed by atoms with Crippen LogP contribution in [-0.4, -0.2) is 51.3 Å². The topological polar surface area (TPSA) is 43.4 Å². The van der Waals surface area contributed by atoms with Crippen LogP contribution in [0.4, 0.5) is 4.39 Å². The molecule has 1 fully saturated rings. The molecular weight excluding hydrogens is 447 g/mol. The van der Waals surface area contributed by atoms with Gasteiger partial charge in [-0.25, -0.2) is 4.39 Å². The Kier molecular flexibility index (Phi) is 8.10. The second-order valence-electron chi connectivity index (χ2n) is 8.55. The minimum Gasteiger partial charge on any atom is -0.497 e. The summed E-state index contributed by atoms with van der Waals surface area (Å²) < 4.78 is 37.2. The highest BCUT2D eigenvalue weighted by atomic mass is 19.1. The molecule has 4 rings (SSSR count). The Morgan fingerprint density at radius 2 is 1.23 bits per heavy atom. The van der Waals surface area contributed by atoms with Gasteiger partial charge in [-0.15, -0.1) is 0 Å². The molecule has 0 aliphatic carbocycles. The van der Waals surface area contributed by atoms with Crippen molar-refractivity contribution in [2.24, 2.45) is 0 Å². The first kappa shape index (κ1) is 24.8. The highest BCUT2D eigenvalue weighted by molar-refractivity contribution is 5.42. The SMILES string of the molecule is COc1ccc(CN2CCCN(Cc3ccc(OC)cc3OC)C2c2ccccc2F)c(OC)c1. The van der Waals surface area contributed by atoms with Crippen LogP contribution in [0.3, 0.4) is 0 Å². The number of nitrogens with zero attached hydrogens (tertiary/aromatic N) is 2. The molecule has 0 amide bonds. The fourth-order valence-corrected chi connectivity index (χ4v) is 4.76. The third-order valence-electron chi connectivity index (χ3n) is 6.50. The van der Waals surface area contributed by atoms with Gasteiger partial charge in [-0.1, -0.05) is 30.3 Å². The number of hydrogen-bond donors (Lipinski definition) is 0. The van der Waals surface area contributed by atoms with Crippen LogP contribution in [0.15, 0.2) is 60.7 Å². The van der Waals surface area contributed by atoms with Crippen molar-refractivity contribution in [1.82, 2.24) is 9.80 Å². The van der Waals surface area contributed by atoms with Gasteiger partial charge in [-0.3, -0.25) is 9.80 Å². The van der Waals surface area contributed by atoms with Crippen LogP contribution in [0.25, 0.3) is 0 Å². The summed E-state index contributed by atoms with van der Waals surface area (Å²) in [6, 6.07) is 18.7. The Hall–Kier alpha value is -3.29. The molecular formula is C28H33FN2O4. The van der Waals surface area contributed by atoms with E-state index in [-0.39, 0.29) is 12.0 Å². The molecule has 6 nitrogen and oxygen atoms in total. The molecule has 7 heteroatoms. The fourth-order valence-electron chi connectivity index (χ4n) is 4.76. The average molecular weight is 481 g/mol. The lowest BCUT2D eigenvalue weighted by Gasteiger charge is -2.44. The lowest BCUT2D eigenvalue weighted by Crippen LogP contribution is -2.47. The molecule has 0 unspecified atom stereocenters. The number of ether oxygens (including phenoxy) is 4. The molecule has 0 radical (unpaired) electrons. The van der Waals surface area contributed by atoms with E-state index >= 15 is 4.39 Å². The van der Waals surface area contributed by atoms with Gasteiger partial charge in [0.25, 0.3) is 0 Å². The Labute approximate surface area is 206 Å². The number of hydrogen-bond acceptors (Lipinski definition) is 6. The van der Waals surface area contributed by atoms with Crippen LogP contribution in [0.2, 0.25) is 0 Å². The molecule has 0 aromatic heterocycles. The van der Waals surface area contributed by atoms with E-state index in [2.05, 4.69) is 9.80 Å². The van der Waals surface area contributed by atoms with Crippen LogP contribution in [0, 0.1) is 5.82 Å². The van der Waals surface area contributed by atoms with Gasteiger partial charge in [0, 0.05) is 55.0 Å². The minimum absolute atomic E-state index is 0.210. The molecule has 3 aromatic rings. The molecule has 186 valence electrons. The molecule has 3 aromatic carbocycles. The molecule has 0 bridgehead atoms. The lowest BCUT2D eigenvalue weighted by molar-refractivity contribution is -0.0118. The molecule has 1 saturated heterocycles. The van der Waals surface area contributed by atoms with Crippen molar-refractivity contribution in [3.05, 3.63) is 83.2 Å². The van der Waals surface area contributed by atoms with E-state index in [1.807, 2.05) is 48.5 Å². The van der Waals surface area contributed by atoms with Gasteiger partial charge in [-0.2, -0.15) is 0 Å². The van der Waals surface area contributed by atoms with E-state index in [9.17, 15) is 0 Å². The van der Waals surface area contributed by atoms with Crippen LogP contribution >= 0.6 is 0 Å². The predicted molar refractivity (Wildman–Crippen MR) is 134 cm³/mol. The summed E-state index contributed by atoms with van der Waals surface area (Å²) in [6.45, 7) is 2.90. The van der Waals surface area contributed by atoms with Crippen molar-refractivity contribution < 1.29 is 23.3 Å². The van der Waals surface area contributed by atoms with Crippen molar-refractivity contribution >= 4 is 0 Å². The zero-order chi connectivity index (χ0) is 24.8. The summed E-state index contributed by atoms with van der Waals surface area (Å²) in [5.41, 5.74) is 2.71. The van der Waals surface area contributed by atoms with E-state index in [0.29, 0.717) is 18.7 Å². The Bertz CT molecular complexity index is 1070.